The first-order valence-corrected chi connectivity index (χ1v) is 9.41. The van der Waals surface area contributed by atoms with Crippen molar-refractivity contribution in [3.63, 3.8) is 0 Å². The number of rotatable bonds is 6. The van der Waals surface area contributed by atoms with Crippen molar-refractivity contribution >= 4 is 19.9 Å². The molecule has 0 aliphatic rings. The molecule has 6 nitrogen and oxygen atoms in total. The lowest BCUT2D eigenvalue weighted by molar-refractivity contribution is 0.245. The number of nitrogens with one attached hydrogen (secondary N) is 1. The lowest BCUT2D eigenvalue weighted by atomic mass is 10.0. The van der Waals surface area contributed by atoms with Crippen molar-refractivity contribution in [2.45, 2.75) is 35.6 Å². The highest BCUT2D eigenvalue weighted by molar-refractivity contribution is 7.91. The average molecular weight is 339 g/mol. The molecule has 0 saturated carbocycles. The Morgan fingerprint density at radius 2 is 1.81 bits per heavy atom. The van der Waals surface area contributed by atoms with Gasteiger partial charge in [0.1, 0.15) is 10.7 Å². The minimum absolute atomic E-state index is 0.125. The van der Waals surface area contributed by atoms with Crippen molar-refractivity contribution in [3.8, 4) is 0 Å². The van der Waals surface area contributed by atoms with Gasteiger partial charge in [-0.1, -0.05) is 0 Å². The van der Waals surface area contributed by atoms with Gasteiger partial charge in [0.2, 0.25) is 10.0 Å². The van der Waals surface area contributed by atoms with Gasteiger partial charge in [-0.15, -0.1) is 0 Å². The van der Waals surface area contributed by atoms with Crippen molar-refractivity contribution in [1.29, 1.82) is 0 Å². The highest BCUT2D eigenvalue weighted by atomic mass is 32.2. The minimum Gasteiger partial charge on any atom is -0.396 e. The molecule has 0 saturated heterocycles. The van der Waals surface area contributed by atoms with Gasteiger partial charge in [-0.25, -0.2) is 25.9 Å². The number of aliphatic hydroxyl groups is 1. The smallest absolute Gasteiger partial charge is 0.244 e. The van der Waals surface area contributed by atoms with Crippen LogP contribution in [0, 0.1) is 5.82 Å². The lowest BCUT2D eigenvalue weighted by Gasteiger charge is -2.25. The highest BCUT2D eigenvalue weighted by Gasteiger charge is 2.28. The van der Waals surface area contributed by atoms with E-state index in [1.807, 2.05) is 0 Å². The summed E-state index contributed by atoms with van der Waals surface area (Å²) >= 11 is 0. The molecule has 0 fully saturated rings. The fourth-order valence-electron chi connectivity index (χ4n) is 1.67. The summed E-state index contributed by atoms with van der Waals surface area (Å²) in [6.07, 6.45) is 1.03. The third kappa shape index (κ3) is 4.73. The first kappa shape index (κ1) is 18.0. The van der Waals surface area contributed by atoms with E-state index >= 15 is 0 Å². The Hall–Kier alpha value is -1.03. The van der Waals surface area contributed by atoms with Crippen LogP contribution < -0.4 is 4.72 Å². The molecule has 9 heteroatoms. The van der Waals surface area contributed by atoms with E-state index in [0.717, 1.165) is 24.5 Å². The van der Waals surface area contributed by atoms with Crippen molar-refractivity contribution in [3.05, 3.63) is 24.0 Å². The Balaban J connectivity index is 3.32. The topological polar surface area (TPSA) is 101 Å². The molecule has 0 unspecified atom stereocenters. The highest BCUT2D eigenvalue weighted by Crippen LogP contribution is 2.21. The van der Waals surface area contributed by atoms with Crippen LogP contribution in [0.25, 0.3) is 0 Å². The fraction of sp³-hybridized carbons (Fsp3) is 0.500. The van der Waals surface area contributed by atoms with E-state index in [4.69, 9.17) is 5.11 Å². The number of aliphatic hydroxyl groups excluding tert-OH is 1. The maximum absolute atomic E-state index is 13.8. The normalized spacial score (nSPS) is 13.4. The Bertz CT molecular complexity index is 726. The molecule has 0 aliphatic heterocycles. The Kier molecular flexibility index (Phi) is 5.14. The molecule has 2 N–H and O–H groups in total. The molecule has 0 bridgehead atoms. The van der Waals surface area contributed by atoms with Crippen LogP contribution in [-0.4, -0.2) is 40.3 Å². The van der Waals surface area contributed by atoms with Gasteiger partial charge >= 0.3 is 0 Å². The summed E-state index contributed by atoms with van der Waals surface area (Å²) in [6, 6.07) is 2.58. The summed E-state index contributed by atoms with van der Waals surface area (Å²) in [5, 5.41) is 8.89. The van der Waals surface area contributed by atoms with Crippen LogP contribution in [0.15, 0.2) is 28.0 Å². The summed E-state index contributed by atoms with van der Waals surface area (Å²) in [5.74, 6) is -1.05. The molecule has 120 valence electrons. The first-order chi connectivity index (χ1) is 9.39. The predicted octanol–water partition coefficient (Wildman–Crippen LogP) is 0.668. The van der Waals surface area contributed by atoms with Gasteiger partial charge in [-0.3, -0.25) is 0 Å². The molecule has 0 atom stereocenters. The number of sulfone groups is 1. The zero-order valence-corrected chi connectivity index (χ0v) is 13.6. The molecule has 1 rings (SSSR count). The summed E-state index contributed by atoms with van der Waals surface area (Å²) in [4.78, 5) is -1.03. The third-order valence-corrected chi connectivity index (χ3v) is 5.59. The molecule has 0 radical (unpaired) electrons. The van der Waals surface area contributed by atoms with Gasteiger partial charge in [-0.2, -0.15) is 0 Å². The maximum Gasteiger partial charge on any atom is 0.244 e. The van der Waals surface area contributed by atoms with Crippen LogP contribution in [0.5, 0.6) is 0 Å². The first-order valence-electron chi connectivity index (χ1n) is 6.03. The maximum atomic E-state index is 13.8. The SMILES string of the molecule is CC(C)(CCO)NS(=O)(=O)c1cc(S(C)(=O)=O)ccc1F. The van der Waals surface area contributed by atoms with Crippen molar-refractivity contribution in [2.75, 3.05) is 12.9 Å². The average Bonchev–Trinajstić information content (AvgIpc) is 2.25. The van der Waals surface area contributed by atoms with E-state index in [1.54, 1.807) is 0 Å². The Labute approximate surface area is 124 Å². The molecule has 1 aromatic carbocycles. The number of sulfonamides is 1. The van der Waals surface area contributed by atoms with Gasteiger partial charge in [0.15, 0.2) is 9.84 Å². The molecule has 21 heavy (non-hydrogen) atoms. The van der Waals surface area contributed by atoms with E-state index in [-0.39, 0.29) is 17.9 Å². The minimum atomic E-state index is -4.25. The predicted molar refractivity (Wildman–Crippen MR) is 75.6 cm³/mol. The summed E-state index contributed by atoms with van der Waals surface area (Å²) < 4.78 is 63.3. The lowest BCUT2D eigenvalue weighted by Crippen LogP contribution is -2.44. The quantitative estimate of drug-likeness (QED) is 0.742. The van der Waals surface area contributed by atoms with E-state index in [2.05, 4.69) is 4.72 Å². The van der Waals surface area contributed by atoms with Crippen LogP contribution in [-0.2, 0) is 19.9 Å². The van der Waals surface area contributed by atoms with Crippen LogP contribution in [0.2, 0.25) is 0 Å². The van der Waals surface area contributed by atoms with Crippen LogP contribution >= 0.6 is 0 Å². The van der Waals surface area contributed by atoms with E-state index in [9.17, 15) is 21.2 Å². The molecule has 0 aliphatic carbocycles. The van der Waals surface area contributed by atoms with Gasteiger partial charge in [0.05, 0.1) is 4.90 Å². The van der Waals surface area contributed by atoms with Gasteiger partial charge in [0, 0.05) is 18.4 Å². The second-order valence-electron chi connectivity index (χ2n) is 5.33. The Morgan fingerprint density at radius 3 is 2.29 bits per heavy atom. The number of hydrogen-bond acceptors (Lipinski definition) is 5. The van der Waals surface area contributed by atoms with Gasteiger partial charge < -0.3 is 5.11 Å². The number of benzene rings is 1. The fourth-order valence-corrected chi connectivity index (χ4v) is 3.94. The molecule has 0 heterocycles. The van der Waals surface area contributed by atoms with E-state index in [0.29, 0.717) is 0 Å². The standard InChI is InChI=1S/C12H18FNO5S2/c1-12(2,6-7-15)14-21(18,19)11-8-9(20(3,16)17)4-5-10(11)13/h4-5,8,14-15H,6-7H2,1-3H3. The largest absolute Gasteiger partial charge is 0.396 e. The number of hydrogen-bond donors (Lipinski definition) is 2. The molecule has 0 aromatic heterocycles. The summed E-state index contributed by atoms with van der Waals surface area (Å²) in [6.45, 7) is 2.81. The summed E-state index contributed by atoms with van der Waals surface area (Å²) in [7, 11) is -7.91. The summed E-state index contributed by atoms with van der Waals surface area (Å²) in [5.41, 5.74) is -0.999. The third-order valence-electron chi connectivity index (χ3n) is 2.77. The monoisotopic (exact) mass is 339 g/mol. The second kappa shape index (κ2) is 5.99. The van der Waals surface area contributed by atoms with Crippen molar-refractivity contribution < 1.29 is 26.3 Å². The molecule has 1 aromatic rings. The van der Waals surface area contributed by atoms with E-state index < -0.39 is 36.1 Å². The van der Waals surface area contributed by atoms with Gasteiger partial charge in [0.25, 0.3) is 0 Å². The van der Waals surface area contributed by atoms with Crippen LogP contribution in [0.4, 0.5) is 4.39 Å². The number of halogens is 1. The molecular formula is C12H18FNO5S2. The second-order valence-corrected chi connectivity index (χ2v) is 8.99. The molecule has 0 spiro atoms. The molecular weight excluding hydrogens is 321 g/mol. The van der Waals surface area contributed by atoms with Crippen LogP contribution in [0.1, 0.15) is 20.3 Å². The van der Waals surface area contributed by atoms with Crippen molar-refractivity contribution in [2.24, 2.45) is 0 Å². The Morgan fingerprint density at radius 1 is 1.24 bits per heavy atom. The zero-order valence-electron chi connectivity index (χ0n) is 11.9. The van der Waals surface area contributed by atoms with Gasteiger partial charge in [-0.05, 0) is 38.5 Å². The molecule has 0 amide bonds. The van der Waals surface area contributed by atoms with Crippen molar-refractivity contribution in [1.82, 2.24) is 4.72 Å². The van der Waals surface area contributed by atoms with E-state index in [1.165, 1.54) is 13.8 Å². The van der Waals surface area contributed by atoms with Crippen LogP contribution in [0.3, 0.4) is 0 Å². The zero-order chi connectivity index (χ0) is 16.5.